The highest BCUT2D eigenvalue weighted by molar-refractivity contribution is 6.30. The molecule has 1 atom stereocenters. The maximum Gasteiger partial charge on any atom is 0.313 e. The summed E-state index contributed by atoms with van der Waals surface area (Å²) in [6.45, 7) is 5.87. The number of carboxylic acids is 1. The van der Waals surface area contributed by atoms with Crippen molar-refractivity contribution >= 4 is 29.2 Å². The average molecular weight is 500 g/mol. The highest BCUT2D eigenvalue weighted by Crippen LogP contribution is 2.35. The number of nitrogens with zero attached hydrogens (tertiary/aromatic N) is 1. The Kier molecular flexibility index (Phi) is 10.0. The third-order valence-corrected chi connectivity index (χ3v) is 6.59. The molecule has 1 aliphatic heterocycles. The zero-order valence-electron chi connectivity index (χ0n) is 20.3. The number of hydrogen-bond acceptors (Lipinski definition) is 5. The summed E-state index contributed by atoms with van der Waals surface area (Å²) in [6, 6.07) is 11.4. The van der Waals surface area contributed by atoms with Crippen molar-refractivity contribution in [1.82, 2.24) is 0 Å². The van der Waals surface area contributed by atoms with E-state index in [1.54, 1.807) is 6.07 Å². The number of esters is 1. The molecule has 0 saturated carbocycles. The summed E-state index contributed by atoms with van der Waals surface area (Å²) in [5.41, 5.74) is 3.78. The molecule has 0 fully saturated rings. The number of benzene rings is 2. The molecule has 0 radical (unpaired) electrons. The van der Waals surface area contributed by atoms with Gasteiger partial charge in [-0.1, -0.05) is 29.8 Å². The molecular weight excluding hydrogens is 466 g/mol. The molecule has 1 unspecified atom stereocenters. The topological polar surface area (TPSA) is 76.1 Å². The molecule has 188 valence electrons. The van der Waals surface area contributed by atoms with E-state index in [4.69, 9.17) is 21.1 Å². The summed E-state index contributed by atoms with van der Waals surface area (Å²) in [5.74, 6) is -1.79. The number of rotatable bonds is 9. The van der Waals surface area contributed by atoms with E-state index in [0.29, 0.717) is 17.9 Å². The Morgan fingerprint density at radius 1 is 1.20 bits per heavy atom. The Morgan fingerprint density at radius 3 is 2.77 bits per heavy atom. The maximum absolute atomic E-state index is 12.4. The number of allylic oxidation sites excluding steroid dienone is 1. The number of carbonyl (C=O) groups is 2. The summed E-state index contributed by atoms with van der Waals surface area (Å²) in [7, 11) is 1.28. The number of fused-ring (bicyclic) bond motifs is 2. The fourth-order valence-corrected chi connectivity index (χ4v) is 4.65. The molecule has 0 spiro atoms. The Morgan fingerprint density at radius 2 is 2.03 bits per heavy atom. The van der Waals surface area contributed by atoms with Crippen molar-refractivity contribution in [3.8, 4) is 5.75 Å². The number of halogens is 1. The molecular formula is C28H34ClNO5. The molecule has 1 N–H and O–H groups in total. The Bertz CT molecular complexity index is 1040. The number of carboxylic acid groups (broad SMARTS) is 1. The van der Waals surface area contributed by atoms with E-state index < -0.39 is 17.9 Å². The number of ether oxygens (including phenoxy) is 2. The van der Waals surface area contributed by atoms with E-state index in [9.17, 15) is 14.7 Å². The molecule has 0 aromatic heterocycles. The zero-order valence-corrected chi connectivity index (χ0v) is 21.1. The second-order valence-electron chi connectivity index (χ2n) is 8.83. The normalized spacial score (nSPS) is 14.5. The number of aryl methyl sites for hydroxylation is 1. The Labute approximate surface area is 212 Å². The smallest absolute Gasteiger partial charge is 0.313 e. The molecule has 1 aliphatic rings. The van der Waals surface area contributed by atoms with Gasteiger partial charge in [0.15, 0.2) is 0 Å². The molecule has 0 saturated heterocycles. The molecule has 0 aliphatic carbocycles. The van der Waals surface area contributed by atoms with Gasteiger partial charge in [-0.25, -0.2) is 0 Å². The first-order chi connectivity index (χ1) is 16.9. The first kappa shape index (κ1) is 26.6. The lowest BCUT2D eigenvalue weighted by atomic mass is 9.94. The van der Waals surface area contributed by atoms with Gasteiger partial charge in [0.1, 0.15) is 12.4 Å². The van der Waals surface area contributed by atoms with Gasteiger partial charge >= 0.3 is 11.9 Å². The van der Waals surface area contributed by atoms with Crippen molar-refractivity contribution < 1.29 is 24.2 Å². The van der Waals surface area contributed by atoms with Crippen LogP contribution in [-0.4, -0.2) is 37.2 Å². The molecule has 0 bridgehead atoms. The predicted molar refractivity (Wildman–Crippen MR) is 138 cm³/mol. The summed E-state index contributed by atoms with van der Waals surface area (Å²) < 4.78 is 11.2. The highest BCUT2D eigenvalue weighted by atomic mass is 35.5. The van der Waals surface area contributed by atoms with Crippen molar-refractivity contribution in [3.05, 3.63) is 70.8 Å². The lowest BCUT2D eigenvalue weighted by molar-refractivity contribution is -0.147. The van der Waals surface area contributed by atoms with Crippen molar-refractivity contribution in [2.45, 2.75) is 57.5 Å². The van der Waals surface area contributed by atoms with Crippen LogP contribution in [0.4, 0.5) is 5.69 Å². The average Bonchev–Trinajstić information content (AvgIpc) is 2.88. The Hall–Kier alpha value is -2.99. The monoisotopic (exact) mass is 499 g/mol. The minimum atomic E-state index is -1.05. The molecule has 35 heavy (non-hydrogen) atoms. The molecule has 3 rings (SSSR count). The number of carbonyl (C=O) groups excluding carboxylic acids is 1. The second kappa shape index (κ2) is 13.2. The van der Waals surface area contributed by atoms with Crippen molar-refractivity contribution in [2.24, 2.45) is 0 Å². The second-order valence-corrected chi connectivity index (χ2v) is 9.27. The molecule has 1 heterocycles. The summed E-state index contributed by atoms with van der Waals surface area (Å²) >= 11 is 6.25. The van der Waals surface area contributed by atoms with Crippen molar-refractivity contribution in [1.29, 1.82) is 0 Å². The van der Waals surface area contributed by atoms with Gasteiger partial charge in [0.05, 0.1) is 25.1 Å². The summed E-state index contributed by atoms with van der Waals surface area (Å²) in [5, 5.41) is 10.1. The van der Waals surface area contributed by atoms with Crippen molar-refractivity contribution in [3.63, 3.8) is 0 Å². The Balaban J connectivity index is 1.99. The summed E-state index contributed by atoms with van der Waals surface area (Å²) in [4.78, 5) is 26.2. The number of hydrogen-bond donors (Lipinski definition) is 1. The fraction of sp³-hybridized carbons (Fsp3) is 0.429. The van der Waals surface area contributed by atoms with E-state index in [2.05, 4.69) is 11.5 Å². The van der Waals surface area contributed by atoms with Gasteiger partial charge in [-0.15, -0.1) is 6.58 Å². The van der Waals surface area contributed by atoms with Crippen LogP contribution in [0, 0.1) is 0 Å². The number of methoxy groups -OCH3 is 1. The third kappa shape index (κ3) is 7.49. The highest BCUT2D eigenvalue weighted by Gasteiger charge is 2.26. The van der Waals surface area contributed by atoms with Crippen molar-refractivity contribution in [2.75, 3.05) is 25.1 Å². The molecule has 6 nitrogen and oxygen atoms in total. The van der Waals surface area contributed by atoms with Gasteiger partial charge < -0.3 is 19.5 Å². The van der Waals surface area contributed by atoms with E-state index in [-0.39, 0.29) is 6.42 Å². The van der Waals surface area contributed by atoms with Gasteiger partial charge in [-0.05, 0) is 79.5 Å². The minimum Gasteiger partial charge on any atom is -0.487 e. The van der Waals surface area contributed by atoms with Crippen LogP contribution in [0.15, 0.2) is 49.1 Å². The third-order valence-electron chi connectivity index (χ3n) is 6.35. The number of aliphatic carboxylic acids is 1. The largest absolute Gasteiger partial charge is 0.487 e. The van der Waals surface area contributed by atoms with Crippen LogP contribution in [0.1, 0.15) is 61.1 Å². The van der Waals surface area contributed by atoms with Crippen LogP contribution in [0.25, 0.3) is 0 Å². The number of anilines is 1. The fourth-order valence-electron chi connectivity index (χ4n) is 4.46. The quantitative estimate of drug-likeness (QED) is 0.253. The van der Waals surface area contributed by atoms with Crippen LogP contribution in [-0.2, 0) is 27.4 Å². The SMILES string of the molecule is C=CCCCCN1CCCCc2cc(Cl)ccc2COc2ccc(C(CC(=O)O)C(=O)OC)cc21. The maximum atomic E-state index is 12.4. The molecule has 2 aromatic carbocycles. The van der Waals surface area contributed by atoms with E-state index in [0.717, 1.165) is 67.9 Å². The van der Waals surface area contributed by atoms with E-state index in [1.165, 1.54) is 12.7 Å². The van der Waals surface area contributed by atoms with Crippen LogP contribution in [0.2, 0.25) is 5.02 Å². The van der Waals surface area contributed by atoms with Gasteiger partial charge in [-0.3, -0.25) is 9.59 Å². The first-order valence-corrected chi connectivity index (χ1v) is 12.5. The van der Waals surface area contributed by atoms with Crippen LogP contribution >= 0.6 is 11.6 Å². The standard InChI is InChI=1S/C28H34ClNO5/c1-3-4-5-7-14-30-15-8-6-9-20-16-23(29)12-10-22(20)19-35-26-13-11-21(17-25(26)30)24(18-27(31)32)28(33)34-2/h3,10-13,16-17,24H,1,4-9,14-15,18-19H2,2H3,(H,31,32). The van der Waals surface area contributed by atoms with Crippen LogP contribution in [0.3, 0.4) is 0 Å². The van der Waals surface area contributed by atoms with E-state index >= 15 is 0 Å². The lowest BCUT2D eigenvalue weighted by Gasteiger charge is -2.28. The van der Waals surface area contributed by atoms with E-state index in [1.807, 2.05) is 36.4 Å². The van der Waals surface area contributed by atoms with Crippen LogP contribution in [0.5, 0.6) is 5.75 Å². The summed E-state index contributed by atoms with van der Waals surface area (Å²) in [6.07, 6.45) is 7.48. The van der Waals surface area contributed by atoms with Gasteiger partial charge in [0.2, 0.25) is 0 Å². The number of unbranched alkanes of at least 4 members (excludes halogenated alkanes) is 2. The predicted octanol–water partition coefficient (Wildman–Crippen LogP) is 6.15. The zero-order chi connectivity index (χ0) is 25.2. The van der Waals surface area contributed by atoms with Crippen LogP contribution < -0.4 is 9.64 Å². The molecule has 0 amide bonds. The molecule has 2 aromatic rings. The first-order valence-electron chi connectivity index (χ1n) is 12.1. The van der Waals surface area contributed by atoms with Gasteiger partial charge in [-0.2, -0.15) is 0 Å². The lowest BCUT2D eigenvalue weighted by Crippen LogP contribution is -2.27. The van der Waals surface area contributed by atoms with Gasteiger partial charge in [0, 0.05) is 18.1 Å². The van der Waals surface area contributed by atoms with Gasteiger partial charge in [0.25, 0.3) is 0 Å². The molecule has 7 heteroatoms. The minimum absolute atomic E-state index is 0.334.